The molecule has 16 heavy (non-hydrogen) atoms. The van der Waals surface area contributed by atoms with Gasteiger partial charge in [0.1, 0.15) is 0 Å². The van der Waals surface area contributed by atoms with Crippen molar-refractivity contribution in [2.75, 3.05) is 6.16 Å². The van der Waals surface area contributed by atoms with Crippen molar-refractivity contribution in [1.29, 1.82) is 0 Å². The maximum Gasteiger partial charge on any atom is 0.0173 e. The Balaban J connectivity index is 2.35. The van der Waals surface area contributed by atoms with Crippen molar-refractivity contribution < 1.29 is 0 Å². The predicted molar refractivity (Wildman–Crippen MR) is 73.9 cm³/mol. The summed E-state index contributed by atoms with van der Waals surface area (Å²) in [6, 6.07) is 21.2. The molecule has 0 saturated heterocycles. The predicted octanol–water partition coefficient (Wildman–Crippen LogP) is 4.23. The molecular weight excluding hydrogens is 231 g/mol. The topological polar surface area (TPSA) is 0 Å². The summed E-state index contributed by atoms with van der Waals surface area (Å²) < 4.78 is 0. The summed E-state index contributed by atoms with van der Waals surface area (Å²) in [5, 5.41) is 0. The van der Waals surface area contributed by atoms with Crippen molar-refractivity contribution in [1.82, 2.24) is 0 Å². The van der Waals surface area contributed by atoms with E-state index < -0.39 is 0 Å². The van der Waals surface area contributed by atoms with Crippen molar-refractivity contribution in [3.8, 4) is 0 Å². The fourth-order valence-corrected chi connectivity index (χ4v) is 2.87. The van der Waals surface area contributed by atoms with Crippen molar-refractivity contribution in [3.05, 3.63) is 71.8 Å². The average Bonchev–Trinajstić information content (AvgIpc) is 2.38. The molecular formula is C14H13PS. The lowest BCUT2D eigenvalue weighted by atomic mass is 9.93. The SMILES string of the molecule is S=PCC(c1ccccc1)c1ccccc1. The molecule has 2 rings (SSSR count). The van der Waals surface area contributed by atoms with Crippen LogP contribution >= 0.6 is 7.36 Å². The van der Waals surface area contributed by atoms with Crippen molar-refractivity contribution in [2.24, 2.45) is 0 Å². The average molecular weight is 244 g/mol. The first-order valence-electron chi connectivity index (χ1n) is 5.31. The Hall–Kier alpha value is -1.04. The van der Waals surface area contributed by atoms with Crippen LogP contribution in [-0.4, -0.2) is 6.16 Å². The molecule has 0 aliphatic rings. The summed E-state index contributed by atoms with van der Waals surface area (Å²) >= 11 is 5.10. The minimum atomic E-state index is 0.432. The molecule has 0 aliphatic heterocycles. The van der Waals surface area contributed by atoms with Gasteiger partial charge in [0.25, 0.3) is 0 Å². The summed E-state index contributed by atoms with van der Waals surface area (Å²) in [6.45, 7) is 0. The van der Waals surface area contributed by atoms with Crippen LogP contribution in [0, 0.1) is 0 Å². The monoisotopic (exact) mass is 244 g/mol. The maximum absolute atomic E-state index is 5.10. The second-order valence-electron chi connectivity index (χ2n) is 3.69. The van der Waals surface area contributed by atoms with Gasteiger partial charge in [-0.25, -0.2) is 0 Å². The van der Waals surface area contributed by atoms with Crippen molar-refractivity contribution in [2.45, 2.75) is 5.92 Å². The molecule has 0 spiro atoms. The van der Waals surface area contributed by atoms with E-state index in [4.69, 9.17) is 11.8 Å². The summed E-state index contributed by atoms with van der Waals surface area (Å²) in [4.78, 5) is 0. The number of benzene rings is 2. The molecule has 0 aliphatic carbocycles. The normalized spacial score (nSPS) is 10.8. The molecule has 0 N–H and O–H groups in total. The van der Waals surface area contributed by atoms with Gasteiger partial charge in [-0.3, -0.25) is 0 Å². The first kappa shape index (κ1) is 11.4. The summed E-state index contributed by atoms with van der Waals surface area (Å²) in [5.74, 6) is 0.432. The van der Waals surface area contributed by atoms with E-state index in [9.17, 15) is 0 Å². The van der Waals surface area contributed by atoms with Crippen LogP contribution in [0.15, 0.2) is 60.7 Å². The minimum Gasteiger partial charge on any atom is -0.0622 e. The summed E-state index contributed by atoms with van der Waals surface area (Å²) in [5.41, 5.74) is 2.71. The molecule has 0 saturated carbocycles. The first-order chi connectivity index (χ1) is 7.92. The van der Waals surface area contributed by atoms with Gasteiger partial charge in [0.05, 0.1) is 0 Å². The highest BCUT2D eigenvalue weighted by atomic mass is 32.4. The molecule has 0 amide bonds. The van der Waals surface area contributed by atoms with E-state index >= 15 is 0 Å². The third-order valence-electron chi connectivity index (χ3n) is 2.66. The Labute approximate surface area is 103 Å². The molecule has 0 nitrogen and oxygen atoms in total. The van der Waals surface area contributed by atoms with E-state index in [2.05, 4.69) is 60.7 Å². The van der Waals surface area contributed by atoms with E-state index in [1.165, 1.54) is 11.1 Å². The Morgan fingerprint density at radius 2 is 1.25 bits per heavy atom. The van der Waals surface area contributed by atoms with Gasteiger partial charge in [0, 0.05) is 12.1 Å². The van der Waals surface area contributed by atoms with E-state index in [1.54, 1.807) is 0 Å². The molecule has 2 aromatic rings. The number of rotatable bonds is 4. The number of hydrogen-bond acceptors (Lipinski definition) is 1. The Morgan fingerprint density at radius 1 is 0.812 bits per heavy atom. The smallest absolute Gasteiger partial charge is 0.0173 e. The molecule has 0 aromatic heterocycles. The molecule has 0 unspecified atom stereocenters. The Bertz CT molecular complexity index is 399. The van der Waals surface area contributed by atoms with Gasteiger partial charge >= 0.3 is 0 Å². The van der Waals surface area contributed by atoms with Crippen molar-refractivity contribution >= 4 is 19.2 Å². The third-order valence-corrected chi connectivity index (χ3v) is 3.62. The molecule has 2 heteroatoms. The second kappa shape index (κ2) is 5.89. The molecule has 0 radical (unpaired) electrons. The van der Waals surface area contributed by atoms with Gasteiger partial charge in [0.15, 0.2) is 0 Å². The fourth-order valence-electron chi connectivity index (χ4n) is 1.85. The van der Waals surface area contributed by atoms with E-state index in [1.807, 2.05) is 0 Å². The van der Waals surface area contributed by atoms with E-state index in [0.29, 0.717) is 5.92 Å². The first-order valence-corrected chi connectivity index (χ1v) is 7.40. The zero-order valence-corrected chi connectivity index (χ0v) is 10.6. The Morgan fingerprint density at radius 3 is 1.62 bits per heavy atom. The second-order valence-corrected chi connectivity index (χ2v) is 5.08. The van der Waals surface area contributed by atoms with E-state index in [-0.39, 0.29) is 0 Å². The lowest BCUT2D eigenvalue weighted by molar-refractivity contribution is 0.937. The zero-order chi connectivity index (χ0) is 11.2. The molecule has 80 valence electrons. The van der Waals surface area contributed by atoms with Crippen molar-refractivity contribution in [3.63, 3.8) is 0 Å². The van der Waals surface area contributed by atoms with Gasteiger partial charge in [-0.1, -0.05) is 72.5 Å². The highest BCUT2D eigenvalue weighted by Gasteiger charge is 2.11. The quantitative estimate of drug-likeness (QED) is 0.725. The van der Waals surface area contributed by atoms with Crippen LogP contribution in [0.5, 0.6) is 0 Å². The van der Waals surface area contributed by atoms with Crippen LogP contribution < -0.4 is 0 Å². The molecule has 2 aromatic carbocycles. The van der Waals surface area contributed by atoms with Gasteiger partial charge in [0.2, 0.25) is 0 Å². The van der Waals surface area contributed by atoms with Crippen LogP contribution in [0.4, 0.5) is 0 Å². The molecule has 0 heterocycles. The van der Waals surface area contributed by atoms with Gasteiger partial charge in [-0.2, -0.15) is 0 Å². The van der Waals surface area contributed by atoms with Crippen LogP contribution in [0.1, 0.15) is 17.0 Å². The highest BCUT2D eigenvalue weighted by Crippen LogP contribution is 2.27. The standard InChI is InChI=1S/C14H13PS/c16-15-11-14(12-7-3-1-4-8-12)13-9-5-2-6-10-13/h1-10,14H,11H2. The lowest BCUT2D eigenvalue weighted by Crippen LogP contribution is -2.02. The van der Waals surface area contributed by atoms with Crippen LogP contribution in [-0.2, 0) is 11.8 Å². The zero-order valence-electron chi connectivity index (χ0n) is 8.91. The molecule has 0 atom stereocenters. The van der Waals surface area contributed by atoms with Gasteiger partial charge in [-0.05, 0) is 18.5 Å². The van der Waals surface area contributed by atoms with Gasteiger partial charge < -0.3 is 0 Å². The summed E-state index contributed by atoms with van der Waals surface area (Å²) in [7, 11) is 1.03. The van der Waals surface area contributed by atoms with Crippen LogP contribution in [0.3, 0.4) is 0 Å². The fraction of sp³-hybridized carbons (Fsp3) is 0.143. The third kappa shape index (κ3) is 2.75. The lowest BCUT2D eigenvalue weighted by Gasteiger charge is -2.15. The summed E-state index contributed by atoms with van der Waals surface area (Å²) in [6.07, 6.45) is 1.00. The number of hydrogen-bond donors (Lipinski definition) is 0. The molecule has 0 bridgehead atoms. The van der Waals surface area contributed by atoms with E-state index in [0.717, 1.165) is 13.5 Å². The van der Waals surface area contributed by atoms with Gasteiger partial charge in [-0.15, -0.1) is 0 Å². The minimum absolute atomic E-state index is 0.432. The van der Waals surface area contributed by atoms with Crippen LogP contribution in [0.2, 0.25) is 0 Å². The highest BCUT2D eigenvalue weighted by molar-refractivity contribution is 7.96. The molecule has 0 fully saturated rings. The maximum atomic E-state index is 5.10. The largest absolute Gasteiger partial charge is 0.0622 e. The Kier molecular flexibility index (Phi) is 4.21. The van der Waals surface area contributed by atoms with Crippen LogP contribution in [0.25, 0.3) is 0 Å².